The topological polar surface area (TPSA) is 204 Å². The van der Waals surface area contributed by atoms with E-state index in [1.54, 1.807) is 25.1 Å². The van der Waals surface area contributed by atoms with Crippen LogP contribution in [0.5, 0.6) is 0 Å². The number of rotatable bonds is 7. The van der Waals surface area contributed by atoms with Crippen molar-refractivity contribution in [2.24, 2.45) is 23.2 Å². The zero-order valence-electron chi connectivity index (χ0n) is 30.7. The summed E-state index contributed by atoms with van der Waals surface area (Å²) in [6.45, 7) is 15.3. The smallest absolute Gasteiger partial charge is 0.338 e. The molecule has 2 heterocycles. The molecular weight excluding hydrogens is 684 g/mol. The van der Waals surface area contributed by atoms with Crippen molar-refractivity contribution >= 4 is 41.6 Å². The van der Waals surface area contributed by atoms with Crippen LogP contribution in [0.15, 0.2) is 42.5 Å². The summed E-state index contributed by atoms with van der Waals surface area (Å²) in [5.41, 5.74) is -4.18. The van der Waals surface area contributed by atoms with E-state index in [0.29, 0.717) is 0 Å². The van der Waals surface area contributed by atoms with Gasteiger partial charge in [0.05, 0.1) is 17.4 Å². The number of hydrogen-bond acceptors (Lipinski definition) is 15. The van der Waals surface area contributed by atoms with Crippen molar-refractivity contribution in [2.75, 3.05) is 0 Å². The van der Waals surface area contributed by atoms with Gasteiger partial charge in [0.15, 0.2) is 29.7 Å². The number of ether oxygens (including phenoxy) is 7. The number of fused-ring (bicyclic) bond motifs is 4. The monoisotopic (exact) mass is 730 g/mol. The molecule has 2 aliphatic heterocycles. The molecule has 0 amide bonds. The molecule has 3 aliphatic rings. The van der Waals surface area contributed by atoms with Crippen LogP contribution in [0, 0.1) is 23.2 Å². The second-order valence-electron chi connectivity index (χ2n) is 14.3. The second-order valence-corrected chi connectivity index (χ2v) is 14.3. The van der Waals surface area contributed by atoms with Gasteiger partial charge in [-0.15, -0.1) is 0 Å². The van der Waals surface area contributed by atoms with E-state index in [0.717, 1.165) is 34.6 Å². The minimum Gasteiger partial charge on any atom is -0.458 e. The predicted octanol–water partition coefficient (Wildman–Crippen LogP) is 2.79. The summed E-state index contributed by atoms with van der Waals surface area (Å²) < 4.78 is 41.6. The van der Waals surface area contributed by atoms with Gasteiger partial charge in [-0.05, 0) is 24.5 Å². The molecule has 0 radical (unpaired) electrons. The molecule has 6 unspecified atom stereocenters. The van der Waals surface area contributed by atoms with Gasteiger partial charge in [0.25, 0.3) is 0 Å². The number of aliphatic hydroxyl groups is 1. The number of ketones is 1. The van der Waals surface area contributed by atoms with Crippen LogP contribution in [-0.2, 0) is 61.9 Å². The Labute approximate surface area is 301 Å². The lowest BCUT2D eigenvalue weighted by Crippen LogP contribution is -2.66. The molecule has 1 aromatic rings. The molecule has 15 nitrogen and oxygen atoms in total. The maximum atomic E-state index is 14.4. The molecule has 2 bridgehead atoms. The van der Waals surface area contributed by atoms with E-state index in [1.807, 2.05) is 0 Å². The third-order valence-electron chi connectivity index (χ3n) is 10.1. The molecule has 0 aromatic heterocycles. The van der Waals surface area contributed by atoms with Crippen LogP contribution >= 0.6 is 0 Å². The van der Waals surface area contributed by atoms with Gasteiger partial charge in [-0.25, -0.2) is 4.79 Å². The Hall–Kier alpha value is -4.63. The second kappa shape index (κ2) is 14.8. The quantitative estimate of drug-likeness (QED) is 0.243. The van der Waals surface area contributed by atoms with Gasteiger partial charge in [0.1, 0.15) is 18.3 Å². The number of Topliss-reactive ketones (excluding diaryl/α,β-unsaturated/α-hetero) is 1. The van der Waals surface area contributed by atoms with Gasteiger partial charge in [0.2, 0.25) is 5.79 Å². The first-order valence-electron chi connectivity index (χ1n) is 16.9. The van der Waals surface area contributed by atoms with Crippen LogP contribution in [-0.4, -0.2) is 94.7 Å². The van der Waals surface area contributed by atoms with Gasteiger partial charge >= 0.3 is 35.8 Å². The van der Waals surface area contributed by atoms with Crippen molar-refractivity contribution in [3.63, 3.8) is 0 Å². The van der Waals surface area contributed by atoms with E-state index >= 15 is 0 Å². The van der Waals surface area contributed by atoms with Crippen molar-refractivity contribution in [1.82, 2.24) is 0 Å². The summed E-state index contributed by atoms with van der Waals surface area (Å²) in [5.74, 6) is -12.8. The Morgan fingerprint density at radius 2 is 1.31 bits per heavy atom. The molecule has 1 saturated carbocycles. The highest BCUT2D eigenvalue weighted by Gasteiger charge is 2.77. The molecule has 2 saturated heterocycles. The summed E-state index contributed by atoms with van der Waals surface area (Å²) in [4.78, 5) is 92.3. The van der Waals surface area contributed by atoms with Crippen LogP contribution in [0.3, 0.4) is 0 Å². The molecule has 0 spiro atoms. The maximum Gasteiger partial charge on any atom is 0.338 e. The fourth-order valence-electron chi connectivity index (χ4n) is 7.99. The van der Waals surface area contributed by atoms with Gasteiger partial charge in [-0.1, -0.05) is 52.5 Å². The summed E-state index contributed by atoms with van der Waals surface area (Å²) in [6.07, 6.45) is -10.3. The Morgan fingerprint density at radius 1 is 0.769 bits per heavy atom. The lowest BCUT2D eigenvalue weighted by atomic mass is 9.68. The van der Waals surface area contributed by atoms with Gasteiger partial charge < -0.3 is 38.3 Å². The average Bonchev–Trinajstić information content (AvgIpc) is 3.45. The molecule has 11 atom stereocenters. The Bertz CT molecular complexity index is 1630. The lowest BCUT2D eigenvalue weighted by molar-refractivity contribution is -0.333. The van der Waals surface area contributed by atoms with Crippen LogP contribution in [0.1, 0.15) is 79.1 Å². The van der Waals surface area contributed by atoms with Crippen molar-refractivity contribution in [3.8, 4) is 0 Å². The first-order valence-corrected chi connectivity index (χ1v) is 16.9. The fourth-order valence-corrected chi connectivity index (χ4v) is 7.99. The Morgan fingerprint density at radius 3 is 1.83 bits per heavy atom. The Balaban J connectivity index is 2.15. The summed E-state index contributed by atoms with van der Waals surface area (Å²) in [6, 6.07) is 7.90. The minimum atomic E-state index is -2.72. The number of carbonyl (C=O) groups is 7. The van der Waals surface area contributed by atoms with Crippen molar-refractivity contribution in [1.29, 1.82) is 0 Å². The normalized spacial score (nSPS) is 35.2. The highest BCUT2D eigenvalue weighted by Crippen LogP contribution is 2.60. The molecule has 15 heteroatoms. The molecule has 52 heavy (non-hydrogen) atoms. The third-order valence-corrected chi connectivity index (χ3v) is 10.1. The molecule has 1 aliphatic carbocycles. The molecule has 4 rings (SSSR count). The van der Waals surface area contributed by atoms with Crippen LogP contribution < -0.4 is 0 Å². The maximum absolute atomic E-state index is 14.4. The highest BCUT2D eigenvalue weighted by atomic mass is 16.7. The van der Waals surface area contributed by atoms with E-state index < -0.39 is 113 Å². The van der Waals surface area contributed by atoms with Crippen LogP contribution in [0.2, 0.25) is 0 Å². The van der Waals surface area contributed by atoms with Crippen molar-refractivity contribution in [3.05, 3.63) is 48.0 Å². The van der Waals surface area contributed by atoms with Crippen molar-refractivity contribution < 1.29 is 71.8 Å². The van der Waals surface area contributed by atoms with Crippen LogP contribution in [0.25, 0.3) is 0 Å². The standard InChI is InChI=1S/C37H46O15/c1-17-16-36(51-24(8)42)26(28(17)50-34(44)25-14-12-11-13-15-25)29(46-20(4)38)18(2)30(47-21(5)39)31(48-22(6)40)33(49-23(7)41)35(9,10)32-27(43)19(3)37(36,45)52-32/h11-15,17,19,26,28-33,45H,2,16H2,1,3-10H3/t17-,19?,26+,28-,29?,30?,31?,32-,33?,36+,37?/m0/s1. The van der Waals surface area contributed by atoms with E-state index in [4.69, 9.17) is 33.2 Å². The summed E-state index contributed by atoms with van der Waals surface area (Å²) in [7, 11) is 0. The van der Waals surface area contributed by atoms with Gasteiger partial charge in [0, 0.05) is 45.6 Å². The highest BCUT2D eigenvalue weighted by molar-refractivity contribution is 5.90. The molecule has 1 aromatic carbocycles. The van der Waals surface area contributed by atoms with E-state index in [-0.39, 0.29) is 17.6 Å². The largest absolute Gasteiger partial charge is 0.458 e. The number of carbonyl (C=O) groups excluding carboxylic acids is 7. The van der Waals surface area contributed by atoms with E-state index in [2.05, 4.69) is 6.58 Å². The minimum absolute atomic E-state index is 0.136. The number of esters is 6. The Kier molecular flexibility index (Phi) is 11.4. The first kappa shape index (κ1) is 40.1. The third kappa shape index (κ3) is 7.20. The fraction of sp³-hybridized carbons (Fsp3) is 0.595. The SMILES string of the molecule is C=C1C(OC(C)=O)C(OC(C)=O)C(OC(C)=O)C(C)(C)[C@H]2OC(O)(C(C)C2=O)[C@@]2(OC(C)=O)C[C@H](C)[C@H](OC(=O)c3ccccc3)[C@@H]2C1OC(C)=O. The van der Waals surface area contributed by atoms with Gasteiger partial charge in [-0.2, -0.15) is 0 Å². The molecule has 1 N–H and O–H groups in total. The van der Waals surface area contributed by atoms with E-state index in [9.17, 15) is 38.7 Å². The number of hydrogen-bond donors (Lipinski definition) is 1. The molecule has 3 fully saturated rings. The van der Waals surface area contributed by atoms with Crippen molar-refractivity contribution in [2.45, 2.75) is 117 Å². The zero-order valence-corrected chi connectivity index (χ0v) is 30.7. The zero-order chi connectivity index (χ0) is 39.1. The summed E-state index contributed by atoms with van der Waals surface area (Å²) >= 11 is 0. The summed E-state index contributed by atoms with van der Waals surface area (Å²) in [5, 5.41) is 12.9. The molecule has 284 valence electrons. The first-order chi connectivity index (χ1) is 24.1. The molecular formula is C37H46O15. The van der Waals surface area contributed by atoms with Gasteiger partial charge in [-0.3, -0.25) is 28.8 Å². The predicted molar refractivity (Wildman–Crippen MR) is 177 cm³/mol. The average molecular weight is 731 g/mol. The lowest BCUT2D eigenvalue weighted by Gasteiger charge is -2.49. The van der Waals surface area contributed by atoms with Crippen LogP contribution in [0.4, 0.5) is 0 Å². The number of benzene rings is 1. The van der Waals surface area contributed by atoms with E-state index in [1.165, 1.54) is 32.9 Å².